The zero-order valence-electron chi connectivity index (χ0n) is 11.8. The standard InChI is InChI=1S/C17H11ClFNO2S/c18-13-6-3-5-11(8-13)16-20-15(10-23-16)17(21)22-9-12-4-1-2-7-14(12)19/h1-8,10H,9H2. The molecule has 0 N–H and O–H groups in total. The van der Waals surface area contributed by atoms with Gasteiger partial charge in [-0.3, -0.25) is 0 Å². The summed E-state index contributed by atoms with van der Waals surface area (Å²) >= 11 is 7.27. The van der Waals surface area contributed by atoms with Crippen LogP contribution in [-0.2, 0) is 11.3 Å². The van der Waals surface area contributed by atoms with Crippen LogP contribution >= 0.6 is 22.9 Å². The minimum Gasteiger partial charge on any atom is -0.456 e. The molecule has 0 aliphatic heterocycles. The first kappa shape index (κ1) is 15.6. The molecular formula is C17H11ClFNO2S. The Bertz CT molecular complexity index is 850. The van der Waals surface area contributed by atoms with Gasteiger partial charge >= 0.3 is 5.97 Å². The Balaban J connectivity index is 1.70. The topological polar surface area (TPSA) is 39.2 Å². The number of hydrogen-bond donors (Lipinski definition) is 0. The van der Waals surface area contributed by atoms with Gasteiger partial charge in [0.15, 0.2) is 5.69 Å². The van der Waals surface area contributed by atoms with Gasteiger partial charge in [0.2, 0.25) is 0 Å². The van der Waals surface area contributed by atoms with E-state index in [1.807, 2.05) is 12.1 Å². The molecule has 0 atom stereocenters. The van der Waals surface area contributed by atoms with Gasteiger partial charge in [0, 0.05) is 21.5 Å². The second-order valence-corrected chi connectivity index (χ2v) is 6.01. The number of hydrogen-bond acceptors (Lipinski definition) is 4. The number of thiazole rings is 1. The maximum atomic E-state index is 13.5. The third kappa shape index (κ3) is 3.75. The Labute approximate surface area is 141 Å². The van der Waals surface area contributed by atoms with E-state index in [-0.39, 0.29) is 12.3 Å². The van der Waals surface area contributed by atoms with E-state index in [1.165, 1.54) is 17.4 Å². The molecule has 1 aromatic heterocycles. The molecule has 0 bridgehead atoms. The second-order valence-electron chi connectivity index (χ2n) is 4.72. The molecule has 6 heteroatoms. The van der Waals surface area contributed by atoms with E-state index in [0.717, 1.165) is 5.56 Å². The molecule has 0 aliphatic carbocycles. The van der Waals surface area contributed by atoms with Gasteiger partial charge in [0.25, 0.3) is 0 Å². The summed E-state index contributed by atoms with van der Waals surface area (Å²) in [6, 6.07) is 13.4. The maximum Gasteiger partial charge on any atom is 0.358 e. The Kier molecular flexibility index (Phi) is 4.69. The number of ether oxygens (including phenoxy) is 1. The third-order valence-electron chi connectivity index (χ3n) is 3.10. The van der Waals surface area contributed by atoms with E-state index in [1.54, 1.807) is 35.7 Å². The number of aromatic nitrogens is 1. The van der Waals surface area contributed by atoms with Gasteiger partial charge < -0.3 is 4.74 Å². The molecule has 0 amide bonds. The highest BCUT2D eigenvalue weighted by Crippen LogP contribution is 2.26. The summed E-state index contributed by atoms with van der Waals surface area (Å²) in [5, 5.41) is 2.88. The van der Waals surface area contributed by atoms with Crippen LogP contribution in [0.4, 0.5) is 4.39 Å². The zero-order valence-corrected chi connectivity index (χ0v) is 13.4. The Morgan fingerprint density at radius 1 is 1.22 bits per heavy atom. The SMILES string of the molecule is O=C(OCc1ccccc1F)c1csc(-c2cccc(Cl)c2)n1. The van der Waals surface area contributed by atoms with Crippen molar-refractivity contribution in [3.63, 3.8) is 0 Å². The molecule has 116 valence electrons. The second kappa shape index (κ2) is 6.89. The third-order valence-corrected chi connectivity index (χ3v) is 4.23. The molecule has 1 heterocycles. The van der Waals surface area contributed by atoms with Crippen molar-refractivity contribution in [3.8, 4) is 10.6 Å². The van der Waals surface area contributed by atoms with Crippen LogP contribution < -0.4 is 0 Å². The fraction of sp³-hybridized carbons (Fsp3) is 0.0588. The minimum absolute atomic E-state index is 0.129. The number of benzene rings is 2. The van der Waals surface area contributed by atoms with E-state index in [9.17, 15) is 9.18 Å². The van der Waals surface area contributed by atoms with Gasteiger partial charge in [0.05, 0.1) is 0 Å². The lowest BCUT2D eigenvalue weighted by Crippen LogP contribution is -2.06. The highest BCUT2D eigenvalue weighted by atomic mass is 35.5. The minimum atomic E-state index is -0.585. The summed E-state index contributed by atoms with van der Waals surface area (Å²) < 4.78 is 18.6. The number of rotatable bonds is 4. The van der Waals surface area contributed by atoms with Crippen molar-refractivity contribution < 1.29 is 13.9 Å². The number of carbonyl (C=O) groups excluding carboxylic acids is 1. The van der Waals surface area contributed by atoms with Crippen LogP contribution in [0, 0.1) is 5.82 Å². The normalized spacial score (nSPS) is 10.5. The van der Waals surface area contributed by atoms with Crippen molar-refractivity contribution in [1.82, 2.24) is 4.98 Å². The predicted octanol–water partition coefficient (Wildman–Crippen LogP) is 4.96. The van der Waals surface area contributed by atoms with Gasteiger partial charge in [-0.25, -0.2) is 14.2 Å². The van der Waals surface area contributed by atoms with Crippen molar-refractivity contribution in [3.05, 3.63) is 76.0 Å². The Morgan fingerprint density at radius 3 is 2.83 bits per heavy atom. The van der Waals surface area contributed by atoms with Gasteiger partial charge in [-0.2, -0.15) is 0 Å². The van der Waals surface area contributed by atoms with Gasteiger partial charge in [-0.15, -0.1) is 11.3 Å². The lowest BCUT2D eigenvalue weighted by atomic mass is 10.2. The average Bonchev–Trinajstić information content (AvgIpc) is 3.04. The summed E-state index contributed by atoms with van der Waals surface area (Å²) in [7, 11) is 0. The van der Waals surface area contributed by atoms with Crippen LogP contribution in [0.1, 0.15) is 16.1 Å². The maximum absolute atomic E-state index is 13.5. The van der Waals surface area contributed by atoms with Crippen LogP contribution in [0.15, 0.2) is 53.9 Å². The number of carbonyl (C=O) groups is 1. The van der Waals surface area contributed by atoms with E-state index < -0.39 is 11.8 Å². The zero-order chi connectivity index (χ0) is 16.2. The lowest BCUT2D eigenvalue weighted by Gasteiger charge is -2.04. The van der Waals surface area contributed by atoms with Crippen LogP contribution in [-0.4, -0.2) is 11.0 Å². The van der Waals surface area contributed by atoms with Crippen molar-refractivity contribution in [1.29, 1.82) is 0 Å². The molecule has 0 saturated heterocycles. The smallest absolute Gasteiger partial charge is 0.358 e. The van der Waals surface area contributed by atoms with Crippen LogP contribution in [0.2, 0.25) is 5.02 Å². The van der Waals surface area contributed by atoms with Crippen molar-refractivity contribution in [2.24, 2.45) is 0 Å². The molecule has 3 nitrogen and oxygen atoms in total. The first-order chi connectivity index (χ1) is 11.1. The largest absolute Gasteiger partial charge is 0.456 e. The molecule has 2 aromatic carbocycles. The molecule has 0 aliphatic rings. The van der Waals surface area contributed by atoms with Gasteiger partial charge in [-0.1, -0.05) is 41.9 Å². The molecule has 3 rings (SSSR count). The van der Waals surface area contributed by atoms with Crippen molar-refractivity contribution >= 4 is 28.9 Å². The first-order valence-corrected chi connectivity index (χ1v) is 8.01. The van der Waals surface area contributed by atoms with Gasteiger partial charge in [0.1, 0.15) is 17.4 Å². The number of nitrogens with zero attached hydrogens (tertiary/aromatic N) is 1. The number of halogens is 2. The Morgan fingerprint density at radius 2 is 2.04 bits per heavy atom. The molecule has 23 heavy (non-hydrogen) atoms. The monoisotopic (exact) mass is 347 g/mol. The Hall–Kier alpha value is -2.24. The average molecular weight is 348 g/mol. The molecule has 0 radical (unpaired) electrons. The summed E-state index contributed by atoms with van der Waals surface area (Å²) in [5.41, 5.74) is 1.35. The van der Waals surface area contributed by atoms with E-state index >= 15 is 0 Å². The summed E-state index contributed by atoms with van der Waals surface area (Å²) in [6.07, 6.45) is 0. The number of esters is 1. The molecule has 3 aromatic rings. The molecule has 0 fully saturated rings. The van der Waals surface area contributed by atoms with E-state index in [4.69, 9.17) is 16.3 Å². The molecular weight excluding hydrogens is 337 g/mol. The highest BCUT2D eigenvalue weighted by molar-refractivity contribution is 7.13. The van der Waals surface area contributed by atoms with E-state index in [0.29, 0.717) is 15.6 Å². The summed E-state index contributed by atoms with van der Waals surface area (Å²) in [4.78, 5) is 16.3. The first-order valence-electron chi connectivity index (χ1n) is 6.75. The molecule has 0 unspecified atom stereocenters. The molecule has 0 saturated carbocycles. The van der Waals surface area contributed by atoms with Crippen LogP contribution in [0.3, 0.4) is 0 Å². The van der Waals surface area contributed by atoms with Crippen molar-refractivity contribution in [2.45, 2.75) is 6.61 Å². The van der Waals surface area contributed by atoms with Gasteiger partial charge in [-0.05, 0) is 18.2 Å². The van der Waals surface area contributed by atoms with E-state index in [2.05, 4.69) is 4.98 Å². The van der Waals surface area contributed by atoms with Crippen molar-refractivity contribution in [2.75, 3.05) is 0 Å². The quantitative estimate of drug-likeness (QED) is 0.626. The van der Waals surface area contributed by atoms with Crippen LogP contribution in [0.25, 0.3) is 10.6 Å². The highest BCUT2D eigenvalue weighted by Gasteiger charge is 2.14. The summed E-state index contributed by atoms with van der Waals surface area (Å²) in [6.45, 7) is -0.129. The fourth-order valence-electron chi connectivity index (χ4n) is 1.95. The van der Waals surface area contributed by atoms with Crippen LogP contribution in [0.5, 0.6) is 0 Å². The summed E-state index contributed by atoms with van der Waals surface area (Å²) in [5.74, 6) is -0.990. The lowest BCUT2D eigenvalue weighted by molar-refractivity contribution is 0.0463. The molecule has 0 spiro atoms. The predicted molar refractivity (Wildman–Crippen MR) is 88.1 cm³/mol. The fourth-order valence-corrected chi connectivity index (χ4v) is 2.93.